The molecule has 2 aromatic heterocycles. The summed E-state index contributed by atoms with van der Waals surface area (Å²) in [5.41, 5.74) is 2.49. The van der Waals surface area contributed by atoms with Crippen LogP contribution in [0.5, 0.6) is 0 Å². The van der Waals surface area contributed by atoms with Gasteiger partial charge in [0.25, 0.3) is 11.8 Å². The van der Waals surface area contributed by atoms with E-state index in [0.717, 1.165) is 18.8 Å². The first-order chi connectivity index (χ1) is 15.8. The van der Waals surface area contributed by atoms with Gasteiger partial charge in [0.2, 0.25) is 0 Å². The van der Waals surface area contributed by atoms with Gasteiger partial charge in [0.15, 0.2) is 5.76 Å². The van der Waals surface area contributed by atoms with Gasteiger partial charge in [-0.1, -0.05) is 32.9 Å². The molecule has 1 aliphatic rings. The van der Waals surface area contributed by atoms with Gasteiger partial charge in [-0.2, -0.15) is 0 Å². The smallest absolute Gasteiger partial charge is 0.289 e. The van der Waals surface area contributed by atoms with E-state index in [1.165, 1.54) is 11.8 Å². The maximum Gasteiger partial charge on any atom is 0.289 e. The summed E-state index contributed by atoms with van der Waals surface area (Å²) in [6, 6.07) is 14.9. The summed E-state index contributed by atoms with van der Waals surface area (Å²) in [6.45, 7) is 9.21. The van der Waals surface area contributed by atoms with Crippen molar-refractivity contribution in [3.8, 4) is 0 Å². The van der Waals surface area contributed by atoms with Crippen LogP contribution in [0.4, 0.5) is 11.5 Å². The van der Waals surface area contributed by atoms with Gasteiger partial charge in [0, 0.05) is 31.7 Å². The lowest BCUT2D eigenvalue weighted by atomic mass is 9.87. The van der Waals surface area contributed by atoms with Crippen molar-refractivity contribution in [2.45, 2.75) is 32.6 Å². The molecule has 4 rings (SSSR count). The average molecular weight is 447 g/mol. The monoisotopic (exact) mass is 446 g/mol. The number of hydrogen-bond acceptors (Lipinski definition) is 5. The highest BCUT2D eigenvalue weighted by molar-refractivity contribution is 6.04. The summed E-state index contributed by atoms with van der Waals surface area (Å²) >= 11 is 0. The Bertz CT molecular complexity index is 1080. The molecule has 7 heteroatoms. The fraction of sp³-hybridized carbons (Fsp3) is 0.346. The molecule has 2 amide bonds. The van der Waals surface area contributed by atoms with Crippen LogP contribution in [0.1, 0.15) is 53.7 Å². The second kappa shape index (κ2) is 9.48. The molecule has 3 aromatic rings. The Morgan fingerprint density at radius 3 is 2.39 bits per heavy atom. The van der Waals surface area contributed by atoms with Crippen molar-refractivity contribution in [3.63, 3.8) is 0 Å². The van der Waals surface area contributed by atoms with Crippen molar-refractivity contribution in [2.24, 2.45) is 0 Å². The molecule has 1 aromatic carbocycles. The highest BCUT2D eigenvalue weighted by Gasteiger charge is 2.22. The van der Waals surface area contributed by atoms with Gasteiger partial charge in [-0.3, -0.25) is 9.59 Å². The van der Waals surface area contributed by atoms with E-state index in [4.69, 9.17) is 4.42 Å². The molecular formula is C26H30N4O3. The number of pyridine rings is 1. The fourth-order valence-electron chi connectivity index (χ4n) is 3.88. The number of furan rings is 1. The molecule has 1 aliphatic heterocycles. The summed E-state index contributed by atoms with van der Waals surface area (Å²) < 4.78 is 5.25. The summed E-state index contributed by atoms with van der Waals surface area (Å²) in [5, 5.41) is 2.91. The largest absolute Gasteiger partial charge is 0.459 e. The first-order valence-electron chi connectivity index (χ1n) is 11.3. The van der Waals surface area contributed by atoms with E-state index in [1.807, 2.05) is 41.3 Å². The number of carbonyl (C=O) groups is 2. The van der Waals surface area contributed by atoms with Crippen LogP contribution in [0.2, 0.25) is 0 Å². The number of benzene rings is 1. The highest BCUT2D eigenvalue weighted by Crippen LogP contribution is 2.23. The number of nitrogens with zero attached hydrogens (tertiary/aromatic N) is 3. The van der Waals surface area contributed by atoms with E-state index in [2.05, 4.69) is 36.0 Å². The molecule has 0 atom stereocenters. The van der Waals surface area contributed by atoms with Crippen LogP contribution in [-0.4, -0.2) is 47.9 Å². The third-order valence-corrected chi connectivity index (χ3v) is 5.86. The molecule has 0 bridgehead atoms. The van der Waals surface area contributed by atoms with Crippen LogP contribution in [0, 0.1) is 0 Å². The Balaban J connectivity index is 1.35. The van der Waals surface area contributed by atoms with E-state index >= 15 is 0 Å². The van der Waals surface area contributed by atoms with Gasteiger partial charge in [0.05, 0.1) is 18.1 Å². The zero-order chi connectivity index (χ0) is 23.4. The van der Waals surface area contributed by atoms with Crippen molar-refractivity contribution in [1.29, 1.82) is 0 Å². The minimum absolute atomic E-state index is 0.0468. The predicted octanol–water partition coefficient (Wildman–Crippen LogP) is 4.58. The number of hydrogen-bond donors (Lipinski definition) is 1. The Morgan fingerprint density at radius 1 is 0.970 bits per heavy atom. The van der Waals surface area contributed by atoms with Crippen LogP contribution in [0.15, 0.2) is 65.4 Å². The van der Waals surface area contributed by atoms with E-state index in [0.29, 0.717) is 36.6 Å². The maximum absolute atomic E-state index is 12.6. The second-order valence-electron chi connectivity index (χ2n) is 9.30. The number of nitrogens with one attached hydrogen (secondary N) is 1. The van der Waals surface area contributed by atoms with Crippen LogP contribution in [0.3, 0.4) is 0 Å². The lowest BCUT2D eigenvalue weighted by Crippen LogP contribution is -2.35. The molecule has 0 aliphatic carbocycles. The first kappa shape index (κ1) is 22.6. The summed E-state index contributed by atoms with van der Waals surface area (Å²) in [7, 11) is 0. The van der Waals surface area contributed by atoms with Crippen molar-refractivity contribution < 1.29 is 14.0 Å². The van der Waals surface area contributed by atoms with E-state index in [9.17, 15) is 9.59 Å². The maximum atomic E-state index is 12.6. The first-order valence-corrected chi connectivity index (χ1v) is 11.3. The summed E-state index contributed by atoms with van der Waals surface area (Å²) in [4.78, 5) is 33.7. The van der Waals surface area contributed by atoms with E-state index in [-0.39, 0.29) is 17.2 Å². The number of aromatic nitrogens is 1. The van der Waals surface area contributed by atoms with Crippen molar-refractivity contribution in [3.05, 3.63) is 77.9 Å². The predicted molar refractivity (Wildman–Crippen MR) is 129 cm³/mol. The van der Waals surface area contributed by atoms with Crippen LogP contribution in [-0.2, 0) is 5.41 Å². The zero-order valence-electron chi connectivity index (χ0n) is 19.4. The molecule has 0 radical (unpaired) electrons. The molecule has 0 saturated carbocycles. The minimum Gasteiger partial charge on any atom is -0.459 e. The highest BCUT2D eigenvalue weighted by atomic mass is 16.3. The minimum atomic E-state index is -0.160. The van der Waals surface area contributed by atoms with E-state index in [1.54, 1.807) is 18.3 Å². The SMILES string of the molecule is CC(C)(C)c1ccc(C(=O)Nc2ccc(N3CCCN(C(=O)c4ccco4)CC3)nc2)cc1. The van der Waals surface area contributed by atoms with Gasteiger partial charge < -0.3 is 19.5 Å². The quantitative estimate of drug-likeness (QED) is 0.635. The van der Waals surface area contributed by atoms with E-state index < -0.39 is 0 Å². The van der Waals surface area contributed by atoms with Crippen molar-refractivity contribution in [2.75, 3.05) is 36.4 Å². The summed E-state index contributed by atoms with van der Waals surface area (Å²) in [5.74, 6) is 0.958. The Labute approximate surface area is 194 Å². The normalized spacial score (nSPS) is 14.6. The van der Waals surface area contributed by atoms with Gasteiger partial charge >= 0.3 is 0 Å². The fourth-order valence-corrected chi connectivity index (χ4v) is 3.88. The molecule has 3 heterocycles. The number of carbonyl (C=O) groups excluding carboxylic acids is 2. The van der Waals surface area contributed by atoms with Gasteiger partial charge in [-0.05, 0) is 53.8 Å². The van der Waals surface area contributed by atoms with Crippen LogP contribution < -0.4 is 10.2 Å². The Kier molecular flexibility index (Phi) is 6.49. The molecule has 1 saturated heterocycles. The lowest BCUT2D eigenvalue weighted by molar-refractivity contribution is 0.0735. The number of anilines is 2. The van der Waals surface area contributed by atoms with Crippen molar-refractivity contribution in [1.82, 2.24) is 9.88 Å². The second-order valence-corrected chi connectivity index (χ2v) is 9.30. The molecule has 172 valence electrons. The number of amides is 2. The molecule has 33 heavy (non-hydrogen) atoms. The van der Waals surface area contributed by atoms with Gasteiger partial charge in [-0.15, -0.1) is 0 Å². The van der Waals surface area contributed by atoms with Gasteiger partial charge in [0.1, 0.15) is 5.82 Å². The van der Waals surface area contributed by atoms with Crippen LogP contribution in [0.25, 0.3) is 0 Å². The molecule has 0 spiro atoms. The number of rotatable bonds is 4. The lowest BCUT2D eigenvalue weighted by Gasteiger charge is -2.22. The van der Waals surface area contributed by atoms with Crippen LogP contribution >= 0.6 is 0 Å². The standard InChI is InChI=1S/C26H30N4O3/c1-26(2,3)20-9-7-19(8-10-20)24(31)28-21-11-12-23(27-18-21)29-13-5-14-30(16-15-29)25(32)22-6-4-17-33-22/h4,6-12,17-18H,5,13-16H2,1-3H3,(H,28,31). The third kappa shape index (κ3) is 5.42. The molecule has 1 N–H and O–H groups in total. The van der Waals surface area contributed by atoms with Crippen molar-refractivity contribution >= 4 is 23.3 Å². The van der Waals surface area contributed by atoms with Gasteiger partial charge in [-0.25, -0.2) is 4.98 Å². The molecule has 0 unspecified atom stereocenters. The summed E-state index contributed by atoms with van der Waals surface area (Å²) in [6.07, 6.45) is 4.03. The molecule has 1 fully saturated rings. The Hall–Kier alpha value is -3.61. The third-order valence-electron chi connectivity index (χ3n) is 5.86. The average Bonchev–Trinajstić information content (AvgIpc) is 3.23. The topological polar surface area (TPSA) is 78.7 Å². The molecule has 7 nitrogen and oxygen atoms in total. The zero-order valence-corrected chi connectivity index (χ0v) is 19.4. The Morgan fingerprint density at radius 2 is 1.76 bits per heavy atom. The molecular weight excluding hydrogens is 416 g/mol.